The van der Waals surface area contributed by atoms with Crippen LogP contribution in [-0.2, 0) is 6.18 Å². The molecule has 3 nitrogen and oxygen atoms in total. The number of carbonyl (C=O) groups excluding carboxylic acids is 1. The molecule has 0 bridgehead atoms. The standard InChI is InChI=1S/C15H19F3N2O.ClH/c1-10(19)13-4-2-3-9-20(13)14(21)11-5-7-12(8-6-11)15(16,17)18;/h5-8,10,13H,2-4,9,19H2,1H3;1H. The van der Waals surface area contributed by atoms with Gasteiger partial charge in [0.2, 0.25) is 0 Å². The van der Waals surface area contributed by atoms with Gasteiger partial charge >= 0.3 is 6.18 Å². The normalized spacial score (nSPS) is 20.2. The largest absolute Gasteiger partial charge is 0.416 e. The number of halogens is 4. The van der Waals surface area contributed by atoms with E-state index in [1.54, 1.807) is 4.90 Å². The van der Waals surface area contributed by atoms with E-state index >= 15 is 0 Å². The van der Waals surface area contributed by atoms with Gasteiger partial charge in [-0.25, -0.2) is 0 Å². The Morgan fingerprint density at radius 1 is 1.27 bits per heavy atom. The fraction of sp³-hybridized carbons (Fsp3) is 0.533. The number of hydrogen-bond acceptors (Lipinski definition) is 2. The van der Waals surface area contributed by atoms with Crippen molar-refractivity contribution in [2.45, 2.75) is 44.4 Å². The van der Waals surface area contributed by atoms with E-state index in [1.807, 2.05) is 6.92 Å². The Labute approximate surface area is 134 Å². The first-order chi connectivity index (χ1) is 9.80. The lowest BCUT2D eigenvalue weighted by molar-refractivity contribution is -0.137. The van der Waals surface area contributed by atoms with Crippen molar-refractivity contribution in [3.8, 4) is 0 Å². The smallest absolute Gasteiger partial charge is 0.334 e. The number of nitrogens with two attached hydrogens (primary N) is 1. The highest BCUT2D eigenvalue weighted by Gasteiger charge is 2.32. The topological polar surface area (TPSA) is 46.3 Å². The summed E-state index contributed by atoms with van der Waals surface area (Å²) in [5.74, 6) is -0.245. The summed E-state index contributed by atoms with van der Waals surface area (Å²) >= 11 is 0. The average Bonchev–Trinajstić information content (AvgIpc) is 2.45. The van der Waals surface area contributed by atoms with Crippen LogP contribution in [-0.4, -0.2) is 29.4 Å². The Hall–Kier alpha value is -1.27. The van der Waals surface area contributed by atoms with Crippen molar-refractivity contribution in [3.63, 3.8) is 0 Å². The Morgan fingerprint density at radius 2 is 1.86 bits per heavy atom. The number of rotatable bonds is 2. The highest BCUT2D eigenvalue weighted by atomic mass is 35.5. The number of alkyl halides is 3. The highest BCUT2D eigenvalue weighted by molar-refractivity contribution is 5.94. The molecule has 1 aromatic rings. The van der Waals surface area contributed by atoms with E-state index in [0.29, 0.717) is 6.54 Å². The van der Waals surface area contributed by atoms with Crippen LogP contribution in [0.3, 0.4) is 0 Å². The molecule has 124 valence electrons. The predicted octanol–water partition coefficient (Wildman–Crippen LogP) is 3.47. The lowest BCUT2D eigenvalue weighted by Gasteiger charge is -2.38. The number of carbonyl (C=O) groups is 1. The van der Waals surface area contributed by atoms with Crippen LogP contribution in [0.25, 0.3) is 0 Å². The summed E-state index contributed by atoms with van der Waals surface area (Å²) in [4.78, 5) is 14.2. The molecule has 0 spiro atoms. The number of benzene rings is 1. The molecule has 2 rings (SSSR count). The molecule has 22 heavy (non-hydrogen) atoms. The predicted molar refractivity (Wildman–Crippen MR) is 81.0 cm³/mol. The number of hydrogen-bond donors (Lipinski definition) is 1. The maximum Gasteiger partial charge on any atom is 0.416 e. The Kier molecular flexibility index (Phi) is 6.26. The fourth-order valence-corrected chi connectivity index (χ4v) is 2.72. The monoisotopic (exact) mass is 336 g/mol. The highest BCUT2D eigenvalue weighted by Crippen LogP contribution is 2.29. The van der Waals surface area contributed by atoms with Crippen LogP contribution in [0.1, 0.15) is 42.1 Å². The average molecular weight is 337 g/mol. The molecule has 2 N–H and O–H groups in total. The van der Waals surface area contributed by atoms with Crippen molar-refractivity contribution in [2.24, 2.45) is 5.73 Å². The van der Waals surface area contributed by atoms with Gasteiger partial charge in [-0.3, -0.25) is 4.79 Å². The third-order valence-corrected chi connectivity index (χ3v) is 3.88. The van der Waals surface area contributed by atoms with Crippen molar-refractivity contribution in [2.75, 3.05) is 6.54 Å². The van der Waals surface area contributed by atoms with Gasteiger partial charge in [0.05, 0.1) is 5.56 Å². The van der Waals surface area contributed by atoms with E-state index in [0.717, 1.165) is 31.4 Å². The molecular formula is C15H20ClF3N2O. The summed E-state index contributed by atoms with van der Waals surface area (Å²) in [6.45, 7) is 2.45. The van der Waals surface area contributed by atoms with E-state index in [-0.39, 0.29) is 36.0 Å². The minimum absolute atomic E-state index is 0. The van der Waals surface area contributed by atoms with Gasteiger partial charge in [0.1, 0.15) is 0 Å². The molecule has 0 aromatic heterocycles. The van der Waals surface area contributed by atoms with Crippen LogP contribution < -0.4 is 5.73 Å². The molecule has 1 saturated heterocycles. The first-order valence-corrected chi connectivity index (χ1v) is 7.04. The van der Waals surface area contributed by atoms with Crippen molar-refractivity contribution >= 4 is 18.3 Å². The Morgan fingerprint density at radius 3 is 2.36 bits per heavy atom. The van der Waals surface area contributed by atoms with Crippen LogP contribution in [0.4, 0.5) is 13.2 Å². The van der Waals surface area contributed by atoms with Gasteiger partial charge in [-0.1, -0.05) is 0 Å². The van der Waals surface area contributed by atoms with E-state index in [9.17, 15) is 18.0 Å². The number of amides is 1. The van der Waals surface area contributed by atoms with E-state index < -0.39 is 11.7 Å². The van der Waals surface area contributed by atoms with E-state index in [1.165, 1.54) is 12.1 Å². The SMILES string of the molecule is CC(N)C1CCCCN1C(=O)c1ccc(C(F)(F)F)cc1.Cl. The molecule has 1 aliphatic heterocycles. The second-order valence-corrected chi connectivity index (χ2v) is 5.50. The summed E-state index contributed by atoms with van der Waals surface area (Å²) < 4.78 is 37.6. The van der Waals surface area contributed by atoms with Gasteiger partial charge in [0, 0.05) is 24.2 Å². The molecule has 1 fully saturated rings. The first kappa shape index (κ1) is 18.8. The lowest BCUT2D eigenvalue weighted by atomic mass is 9.96. The van der Waals surface area contributed by atoms with Crippen LogP contribution >= 0.6 is 12.4 Å². The zero-order chi connectivity index (χ0) is 15.6. The summed E-state index contributed by atoms with van der Waals surface area (Å²) in [5.41, 5.74) is 5.44. The molecule has 1 aromatic carbocycles. The zero-order valence-electron chi connectivity index (χ0n) is 12.3. The van der Waals surface area contributed by atoms with Crippen LogP contribution in [0.5, 0.6) is 0 Å². The molecule has 1 aliphatic rings. The summed E-state index contributed by atoms with van der Waals surface area (Å²) in [5, 5.41) is 0. The maximum absolute atomic E-state index is 12.5. The van der Waals surface area contributed by atoms with Crippen molar-refractivity contribution in [1.82, 2.24) is 4.90 Å². The lowest BCUT2D eigenvalue weighted by Crippen LogP contribution is -2.51. The minimum atomic E-state index is -4.39. The molecule has 0 radical (unpaired) electrons. The van der Waals surface area contributed by atoms with Crippen molar-refractivity contribution in [3.05, 3.63) is 35.4 Å². The van der Waals surface area contributed by atoms with Crippen molar-refractivity contribution in [1.29, 1.82) is 0 Å². The van der Waals surface area contributed by atoms with Gasteiger partial charge < -0.3 is 10.6 Å². The van der Waals surface area contributed by atoms with E-state index in [4.69, 9.17) is 5.73 Å². The summed E-state index contributed by atoms with van der Waals surface area (Å²) in [6.07, 6.45) is -1.64. The Balaban J connectivity index is 0.00000242. The number of piperidine rings is 1. The fourth-order valence-electron chi connectivity index (χ4n) is 2.72. The first-order valence-electron chi connectivity index (χ1n) is 7.04. The third-order valence-electron chi connectivity index (χ3n) is 3.88. The summed E-state index contributed by atoms with van der Waals surface area (Å²) in [6, 6.07) is 4.16. The molecule has 7 heteroatoms. The molecule has 0 aliphatic carbocycles. The molecular weight excluding hydrogens is 317 g/mol. The van der Waals surface area contributed by atoms with Crippen molar-refractivity contribution < 1.29 is 18.0 Å². The van der Waals surface area contributed by atoms with Crippen LogP contribution in [0.2, 0.25) is 0 Å². The number of nitrogens with zero attached hydrogens (tertiary/aromatic N) is 1. The summed E-state index contributed by atoms with van der Waals surface area (Å²) in [7, 11) is 0. The maximum atomic E-state index is 12.5. The number of likely N-dealkylation sites (tertiary alicyclic amines) is 1. The van der Waals surface area contributed by atoms with Gasteiger partial charge in [-0.05, 0) is 50.5 Å². The van der Waals surface area contributed by atoms with Gasteiger partial charge in [0.25, 0.3) is 5.91 Å². The molecule has 1 amide bonds. The Bertz CT molecular complexity index is 503. The minimum Gasteiger partial charge on any atom is -0.334 e. The van der Waals surface area contributed by atoms with E-state index in [2.05, 4.69) is 0 Å². The van der Waals surface area contributed by atoms with Gasteiger partial charge in [0.15, 0.2) is 0 Å². The zero-order valence-corrected chi connectivity index (χ0v) is 13.1. The molecule has 2 atom stereocenters. The van der Waals surface area contributed by atoms with Gasteiger partial charge in [-0.2, -0.15) is 13.2 Å². The second kappa shape index (κ2) is 7.33. The van der Waals surface area contributed by atoms with Crippen LogP contribution in [0, 0.1) is 0 Å². The van der Waals surface area contributed by atoms with Gasteiger partial charge in [-0.15, -0.1) is 12.4 Å². The quantitative estimate of drug-likeness (QED) is 0.899. The second-order valence-electron chi connectivity index (χ2n) is 5.50. The van der Waals surface area contributed by atoms with Crippen LogP contribution in [0.15, 0.2) is 24.3 Å². The molecule has 0 saturated carbocycles. The third kappa shape index (κ3) is 4.14. The molecule has 2 unspecified atom stereocenters. The molecule has 1 heterocycles.